The van der Waals surface area contributed by atoms with Gasteiger partial charge in [0.1, 0.15) is 17.6 Å². The maximum absolute atomic E-state index is 12.1. The van der Waals surface area contributed by atoms with Crippen LogP contribution in [0.15, 0.2) is 36.4 Å². The Balaban J connectivity index is 1.97. The number of aliphatic hydroxyl groups is 1. The number of halogens is 3. The van der Waals surface area contributed by atoms with Gasteiger partial charge in [0.25, 0.3) is 0 Å². The third kappa shape index (κ3) is 4.77. The molecule has 2 aromatic rings. The molecule has 1 unspecified atom stereocenters. The average Bonchev–Trinajstić information content (AvgIpc) is 2.54. The molecule has 0 fully saturated rings. The minimum absolute atomic E-state index is 0.0157. The van der Waals surface area contributed by atoms with Crippen LogP contribution >= 0.6 is 11.6 Å². The fourth-order valence-corrected chi connectivity index (χ4v) is 1.96. The lowest BCUT2D eigenvalue weighted by molar-refractivity contribution is -0.0498. The lowest BCUT2D eigenvalue weighted by Gasteiger charge is -2.13. The van der Waals surface area contributed by atoms with E-state index in [0.717, 1.165) is 0 Å². The molecular weight excluding hydrogens is 328 g/mol. The van der Waals surface area contributed by atoms with E-state index in [9.17, 15) is 13.9 Å². The summed E-state index contributed by atoms with van der Waals surface area (Å²) in [6.07, 6.45) is -0.890. The van der Waals surface area contributed by atoms with Crippen LogP contribution in [-0.4, -0.2) is 23.2 Å². The van der Waals surface area contributed by atoms with Crippen LogP contribution < -0.4 is 10.1 Å². The van der Waals surface area contributed by atoms with Crippen molar-refractivity contribution in [2.45, 2.75) is 12.7 Å². The smallest absolute Gasteiger partial charge is 0.387 e. The average molecular weight is 340 g/mol. The Morgan fingerprint density at radius 1 is 1.26 bits per heavy atom. The van der Waals surface area contributed by atoms with Gasteiger partial charge in [-0.25, -0.2) is 4.98 Å². The standard InChI is InChI=1S/C15H12ClF2N3O2/c16-11-5-6-14(21-12(11)7-19)20-8-13(22)9-1-3-10(4-2-9)23-15(17)18/h1-6,13,15,22H,8H2,(H,20,21). The van der Waals surface area contributed by atoms with Gasteiger partial charge >= 0.3 is 6.61 Å². The summed E-state index contributed by atoms with van der Waals surface area (Å²) >= 11 is 5.78. The number of nitriles is 1. The number of hydrogen-bond donors (Lipinski definition) is 2. The van der Waals surface area contributed by atoms with E-state index < -0.39 is 12.7 Å². The SMILES string of the molecule is N#Cc1nc(NCC(O)c2ccc(OC(F)F)cc2)ccc1Cl. The van der Waals surface area contributed by atoms with Crippen LogP contribution in [0.4, 0.5) is 14.6 Å². The molecule has 0 aliphatic rings. The summed E-state index contributed by atoms with van der Waals surface area (Å²) in [6.45, 7) is -2.77. The summed E-state index contributed by atoms with van der Waals surface area (Å²) in [5, 5.41) is 22.0. The molecule has 0 bridgehead atoms. The Hall–Kier alpha value is -2.43. The molecule has 0 aliphatic heterocycles. The number of pyridine rings is 1. The second-order valence-electron chi connectivity index (χ2n) is 4.48. The zero-order chi connectivity index (χ0) is 16.8. The molecule has 1 aromatic carbocycles. The summed E-state index contributed by atoms with van der Waals surface area (Å²) in [6, 6.07) is 10.6. The minimum Gasteiger partial charge on any atom is -0.435 e. The van der Waals surface area contributed by atoms with Gasteiger partial charge in [0.15, 0.2) is 5.69 Å². The third-order valence-electron chi connectivity index (χ3n) is 2.92. The van der Waals surface area contributed by atoms with Crippen molar-refractivity contribution in [3.63, 3.8) is 0 Å². The highest BCUT2D eigenvalue weighted by atomic mass is 35.5. The second-order valence-corrected chi connectivity index (χ2v) is 4.89. The molecule has 120 valence electrons. The Morgan fingerprint density at radius 2 is 1.96 bits per heavy atom. The zero-order valence-corrected chi connectivity index (χ0v) is 12.5. The van der Waals surface area contributed by atoms with Crippen molar-refractivity contribution in [2.75, 3.05) is 11.9 Å². The van der Waals surface area contributed by atoms with Crippen LogP contribution in [0.5, 0.6) is 5.75 Å². The molecule has 23 heavy (non-hydrogen) atoms. The Kier molecular flexibility index (Phi) is 5.68. The molecule has 0 saturated carbocycles. The summed E-state index contributed by atoms with van der Waals surface area (Å²) in [5.41, 5.74) is 0.605. The molecule has 8 heteroatoms. The molecule has 0 aliphatic carbocycles. The number of rotatable bonds is 6. The predicted molar refractivity (Wildman–Crippen MR) is 80.5 cm³/mol. The molecule has 1 atom stereocenters. The van der Waals surface area contributed by atoms with E-state index in [1.54, 1.807) is 6.07 Å². The van der Waals surface area contributed by atoms with Crippen LogP contribution in [-0.2, 0) is 0 Å². The number of benzene rings is 1. The highest BCUT2D eigenvalue weighted by Crippen LogP contribution is 2.20. The Bertz CT molecular complexity index is 705. The van der Waals surface area contributed by atoms with Gasteiger partial charge < -0.3 is 15.2 Å². The second kappa shape index (κ2) is 7.72. The number of aliphatic hydroxyl groups excluding tert-OH is 1. The van der Waals surface area contributed by atoms with Crippen molar-refractivity contribution < 1.29 is 18.6 Å². The number of aromatic nitrogens is 1. The van der Waals surface area contributed by atoms with Gasteiger partial charge in [-0.2, -0.15) is 14.0 Å². The number of hydrogen-bond acceptors (Lipinski definition) is 5. The van der Waals surface area contributed by atoms with E-state index in [2.05, 4.69) is 15.0 Å². The summed E-state index contributed by atoms with van der Waals surface area (Å²) in [4.78, 5) is 3.98. The van der Waals surface area contributed by atoms with E-state index in [4.69, 9.17) is 16.9 Å². The van der Waals surface area contributed by atoms with Crippen molar-refractivity contribution in [1.82, 2.24) is 4.98 Å². The van der Waals surface area contributed by atoms with Gasteiger partial charge in [0.2, 0.25) is 0 Å². The monoisotopic (exact) mass is 339 g/mol. The predicted octanol–water partition coefficient (Wildman–Crippen LogP) is 3.35. The Morgan fingerprint density at radius 3 is 2.57 bits per heavy atom. The van der Waals surface area contributed by atoms with E-state index in [1.165, 1.54) is 30.3 Å². The van der Waals surface area contributed by atoms with Gasteiger partial charge in [-0.3, -0.25) is 0 Å². The van der Waals surface area contributed by atoms with E-state index in [-0.39, 0.29) is 23.0 Å². The summed E-state index contributed by atoms with van der Waals surface area (Å²) in [5.74, 6) is 0.407. The molecule has 1 heterocycles. The molecule has 2 N–H and O–H groups in total. The fourth-order valence-electron chi connectivity index (χ4n) is 1.81. The lowest BCUT2D eigenvalue weighted by atomic mass is 10.1. The summed E-state index contributed by atoms with van der Waals surface area (Å²) < 4.78 is 28.3. The zero-order valence-electron chi connectivity index (χ0n) is 11.7. The van der Waals surface area contributed by atoms with Crippen LogP contribution in [0.3, 0.4) is 0 Å². The first-order chi connectivity index (χ1) is 11.0. The van der Waals surface area contributed by atoms with Gasteiger partial charge in [-0.15, -0.1) is 0 Å². The largest absolute Gasteiger partial charge is 0.435 e. The molecule has 0 radical (unpaired) electrons. The molecule has 0 spiro atoms. The quantitative estimate of drug-likeness (QED) is 0.843. The molecular formula is C15H12ClF2N3O2. The summed E-state index contributed by atoms with van der Waals surface area (Å²) in [7, 11) is 0. The van der Waals surface area contributed by atoms with Gasteiger partial charge in [-0.1, -0.05) is 23.7 Å². The number of anilines is 1. The van der Waals surface area contributed by atoms with E-state index in [1.807, 2.05) is 6.07 Å². The van der Waals surface area contributed by atoms with E-state index in [0.29, 0.717) is 11.4 Å². The lowest BCUT2D eigenvalue weighted by Crippen LogP contribution is -2.13. The number of nitrogens with zero attached hydrogens (tertiary/aromatic N) is 2. The first kappa shape index (κ1) is 16.9. The van der Waals surface area contributed by atoms with Crippen molar-refractivity contribution in [3.8, 4) is 11.8 Å². The van der Waals surface area contributed by atoms with Crippen molar-refractivity contribution >= 4 is 17.4 Å². The van der Waals surface area contributed by atoms with Crippen molar-refractivity contribution in [3.05, 3.63) is 52.7 Å². The maximum Gasteiger partial charge on any atom is 0.387 e. The van der Waals surface area contributed by atoms with Crippen LogP contribution in [0.25, 0.3) is 0 Å². The molecule has 1 aromatic heterocycles. The maximum atomic E-state index is 12.1. The normalized spacial score (nSPS) is 11.8. The molecule has 0 amide bonds. The first-order valence-corrected chi connectivity index (χ1v) is 6.90. The fraction of sp³-hybridized carbons (Fsp3) is 0.200. The highest BCUT2D eigenvalue weighted by Gasteiger charge is 2.10. The molecule has 2 rings (SSSR count). The van der Waals surface area contributed by atoms with Crippen LogP contribution in [0.1, 0.15) is 17.4 Å². The number of nitrogens with one attached hydrogen (secondary N) is 1. The third-order valence-corrected chi connectivity index (χ3v) is 3.22. The van der Waals surface area contributed by atoms with Crippen LogP contribution in [0, 0.1) is 11.3 Å². The van der Waals surface area contributed by atoms with Crippen molar-refractivity contribution in [2.24, 2.45) is 0 Å². The van der Waals surface area contributed by atoms with E-state index >= 15 is 0 Å². The topological polar surface area (TPSA) is 78.2 Å². The van der Waals surface area contributed by atoms with Gasteiger partial charge in [0.05, 0.1) is 11.1 Å². The van der Waals surface area contributed by atoms with Crippen LogP contribution in [0.2, 0.25) is 5.02 Å². The minimum atomic E-state index is -2.89. The molecule has 5 nitrogen and oxygen atoms in total. The van der Waals surface area contributed by atoms with Gasteiger partial charge in [-0.05, 0) is 29.8 Å². The molecule has 0 saturated heterocycles. The van der Waals surface area contributed by atoms with Gasteiger partial charge in [0, 0.05) is 6.54 Å². The van der Waals surface area contributed by atoms with Crippen molar-refractivity contribution in [1.29, 1.82) is 5.26 Å². The number of alkyl halides is 2. The highest BCUT2D eigenvalue weighted by molar-refractivity contribution is 6.31. The Labute approximate surface area is 136 Å². The number of ether oxygens (including phenoxy) is 1. The first-order valence-electron chi connectivity index (χ1n) is 6.53.